The lowest BCUT2D eigenvalue weighted by Gasteiger charge is -2.07. The fourth-order valence-electron chi connectivity index (χ4n) is 1.52. The van der Waals surface area contributed by atoms with Crippen LogP contribution >= 0.6 is 0 Å². The number of nitrogens with one attached hydrogen (secondary N) is 1. The van der Waals surface area contributed by atoms with Crippen molar-refractivity contribution in [3.8, 4) is 6.07 Å². The SMILES string of the molecule is N#Cc1cc(F)cc(Nc2cc(F)cc(F)c2)c1. The second-order valence-corrected chi connectivity index (χ2v) is 3.62. The van der Waals surface area contributed by atoms with Gasteiger partial charge in [0.1, 0.15) is 17.5 Å². The topological polar surface area (TPSA) is 35.8 Å². The molecule has 0 spiro atoms. The van der Waals surface area contributed by atoms with Crippen LogP contribution < -0.4 is 5.32 Å². The van der Waals surface area contributed by atoms with E-state index in [4.69, 9.17) is 5.26 Å². The Kier molecular flexibility index (Phi) is 3.20. The third kappa shape index (κ3) is 2.80. The summed E-state index contributed by atoms with van der Waals surface area (Å²) >= 11 is 0. The molecule has 2 aromatic carbocycles. The molecule has 2 rings (SSSR count). The van der Waals surface area contributed by atoms with E-state index in [0.717, 1.165) is 30.3 Å². The standard InChI is InChI=1S/C13H7F3N2/c14-9-1-8(7-17)2-12(4-9)18-13-5-10(15)3-11(16)6-13/h1-6,18H. The highest BCUT2D eigenvalue weighted by atomic mass is 19.1. The number of anilines is 2. The van der Waals surface area contributed by atoms with Crippen LogP contribution in [0.25, 0.3) is 0 Å². The first-order chi connectivity index (χ1) is 8.56. The molecule has 90 valence electrons. The molecule has 0 amide bonds. The van der Waals surface area contributed by atoms with E-state index < -0.39 is 17.5 Å². The van der Waals surface area contributed by atoms with Gasteiger partial charge in [0.25, 0.3) is 0 Å². The van der Waals surface area contributed by atoms with E-state index in [9.17, 15) is 13.2 Å². The summed E-state index contributed by atoms with van der Waals surface area (Å²) in [6.07, 6.45) is 0. The lowest BCUT2D eigenvalue weighted by molar-refractivity contribution is 0.584. The number of benzene rings is 2. The first-order valence-electron chi connectivity index (χ1n) is 5.00. The molecular formula is C13H7F3N2. The first kappa shape index (κ1) is 12.0. The van der Waals surface area contributed by atoms with Gasteiger partial charge in [-0.2, -0.15) is 5.26 Å². The van der Waals surface area contributed by atoms with Gasteiger partial charge in [0, 0.05) is 17.4 Å². The number of hydrogen-bond acceptors (Lipinski definition) is 2. The van der Waals surface area contributed by atoms with Crippen LogP contribution in [0.15, 0.2) is 36.4 Å². The monoisotopic (exact) mass is 248 g/mol. The van der Waals surface area contributed by atoms with Crippen LogP contribution in [0.2, 0.25) is 0 Å². The lowest BCUT2D eigenvalue weighted by atomic mass is 10.2. The van der Waals surface area contributed by atoms with Gasteiger partial charge in [-0.25, -0.2) is 13.2 Å². The maximum atomic E-state index is 13.1. The van der Waals surface area contributed by atoms with Gasteiger partial charge >= 0.3 is 0 Å². The lowest BCUT2D eigenvalue weighted by Crippen LogP contribution is -1.94. The Bertz CT molecular complexity index is 612. The Balaban J connectivity index is 2.34. The minimum absolute atomic E-state index is 0.120. The van der Waals surface area contributed by atoms with Gasteiger partial charge in [-0.15, -0.1) is 0 Å². The van der Waals surface area contributed by atoms with Crippen LogP contribution in [0.4, 0.5) is 24.5 Å². The third-order valence-electron chi connectivity index (χ3n) is 2.18. The van der Waals surface area contributed by atoms with E-state index in [0.29, 0.717) is 0 Å². The normalized spacial score (nSPS) is 9.89. The molecule has 0 saturated heterocycles. The molecule has 0 fully saturated rings. The van der Waals surface area contributed by atoms with E-state index in [-0.39, 0.29) is 16.9 Å². The molecule has 2 aromatic rings. The van der Waals surface area contributed by atoms with Gasteiger partial charge in [-0.05, 0) is 30.3 Å². The Labute approximate surface area is 101 Å². The van der Waals surface area contributed by atoms with Crippen molar-refractivity contribution in [2.75, 3.05) is 5.32 Å². The third-order valence-corrected chi connectivity index (χ3v) is 2.18. The van der Waals surface area contributed by atoms with Crippen molar-refractivity contribution >= 4 is 11.4 Å². The number of hydrogen-bond donors (Lipinski definition) is 1. The average molecular weight is 248 g/mol. The second-order valence-electron chi connectivity index (χ2n) is 3.62. The number of nitrogens with zero attached hydrogens (tertiary/aromatic N) is 1. The summed E-state index contributed by atoms with van der Waals surface area (Å²) in [7, 11) is 0. The predicted molar refractivity (Wildman–Crippen MR) is 60.8 cm³/mol. The largest absolute Gasteiger partial charge is 0.355 e. The highest BCUT2D eigenvalue weighted by Gasteiger charge is 2.04. The first-order valence-corrected chi connectivity index (χ1v) is 5.00. The second kappa shape index (κ2) is 4.80. The molecule has 0 saturated carbocycles. The van der Waals surface area contributed by atoms with E-state index >= 15 is 0 Å². The quantitative estimate of drug-likeness (QED) is 0.879. The molecule has 5 heteroatoms. The van der Waals surface area contributed by atoms with Gasteiger partial charge in [0.15, 0.2) is 0 Å². The summed E-state index contributed by atoms with van der Waals surface area (Å²) in [4.78, 5) is 0. The number of rotatable bonds is 2. The molecule has 2 nitrogen and oxygen atoms in total. The van der Waals surface area contributed by atoms with E-state index in [1.165, 1.54) is 6.07 Å². The van der Waals surface area contributed by atoms with Crippen molar-refractivity contribution in [2.45, 2.75) is 0 Å². The van der Waals surface area contributed by atoms with Gasteiger partial charge in [0.2, 0.25) is 0 Å². The Morgan fingerprint density at radius 2 is 1.28 bits per heavy atom. The minimum atomic E-state index is -0.741. The maximum absolute atomic E-state index is 13.1. The fourth-order valence-corrected chi connectivity index (χ4v) is 1.52. The summed E-state index contributed by atoms with van der Waals surface area (Å²) in [5.41, 5.74) is 0.507. The molecule has 0 aromatic heterocycles. The predicted octanol–water partition coefficient (Wildman–Crippen LogP) is 3.72. The van der Waals surface area contributed by atoms with Crippen LogP contribution in [-0.2, 0) is 0 Å². The zero-order valence-electron chi connectivity index (χ0n) is 9.05. The smallest absolute Gasteiger partial charge is 0.128 e. The zero-order valence-corrected chi connectivity index (χ0v) is 9.05. The fraction of sp³-hybridized carbons (Fsp3) is 0. The van der Waals surface area contributed by atoms with Crippen molar-refractivity contribution in [1.29, 1.82) is 5.26 Å². The van der Waals surface area contributed by atoms with Crippen LogP contribution in [0.5, 0.6) is 0 Å². The summed E-state index contributed by atoms with van der Waals surface area (Å²) in [5, 5.41) is 11.3. The summed E-state index contributed by atoms with van der Waals surface area (Å²) < 4.78 is 39.0. The minimum Gasteiger partial charge on any atom is -0.355 e. The van der Waals surface area contributed by atoms with Crippen molar-refractivity contribution in [1.82, 2.24) is 0 Å². The maximum Gasteiger partial charge on any atom is 0.128 e. The number of halogens is 3. The van der Waals surface area contributed by atoms with E-state index in [1.54, 1.807) is 6.07 Å². The highest BCUT2D eigenvalue weighted by molar-refractivity contribution is 5.61. The molecule has 0 bridgehead atoms. The van der Waals surface area contributed by atoms with E-state index in [2.05, 4.69) is 5.32 Å². The summed E-state index contributed by atoms with van der Waals surface area (Å²) in [6, 6.07) is 8.24. The molecule has 1 N–H and O–H groups in total. The van der Waals surface area contributed by atoms with Crippen LogP contribution in [0.3, 0.4) is 0 Å². The van der Waals surface area contributed by atoms with Crippen molar-refractivity contribution in [3.63, 3.8) is 0 Å². The van der Waals surface area contributed by atoms with Gasteiger partial charge in [-0.1, -0.05) is 0 Å². The molecule has 0 aliphatic heterocycles. The number of nitriles is 1. The Morgan fingerprint density at radius 3 is 1.83 bits per heavy atom. The van der Waals surface area contributed by atoms with E-state index in [1.807, 2.05) is 0 Å². The van der Waals surface area contributed by atoms with Crippen molar-refractivity contribution < 1.29 is 13.2 Å². The van der Waals surface area contributed by atoms with Gasteiger partial charge < -0.3 is 5.32 Å². The Hall–Kier alpha value is -2.48. The molecule has 0 aliphatic carbocycles. The van der Waals surface area contributed by atoms with Crippen LogP contribution in [-0.4, -0.2) is 0 Å². The molecule has 0 heterocycles. The molecule has 0 aliphatic rings. The van der Waals surface area contributed by atoms with Gasteiger partial charge in [-0.3, -0.25) is 0 Å². The van der Waals surface area contributed by atoms with Crippen LogP contribution in [0, 0.1) is 28.8 Å². The highest BCUT2D eigenvalue weighted by Crippen LogP contribution is 2.21. The summed E-state index contributed by atoms with van der Waals surface area (Å²) in [5.74, 6) is -2.09. The van der Waals surface area contributed by atoms with Crippen LogP contribution in [0.1, 0.15) is 5.56 Å². The zero-order chi connectivity index (χ0) is 13.1. The molecule has 0 unspecified atom stereocenters. The molecule has 0 radical (unpaired) electrons. The molecule has 0 atom stereocenters. The van der Waals surface area contributed by atoms with Crippen molar-refractivity contribution in [3.05, 3.63) is 59.4 Å². The Morgan fingerprint density at radius 1 is 0.778 bits per heavy atom. The molecule has 18 heavy (non-hydrogen) atoms. The van der Waals surface area contributed by atoms with Crippen molar-refractivity contribution in [2.24, 2.45) is 0 Å². The average Bonchev–Trinajstić information content (AvgIpc) is 2.26. The van der Waals surface area contributed by atoms with Gasteiger partial charge in [0.05, 0.1) is 11.6 Å². The molecular weight excluding hydrogens is 241 g/mol. The summed E-state index contributed by atoms with van der Waals surface area (Å²) in [6.45, 7) is 0.